The van der Waals surface area contributed by atoms with Crippen LogP contribution >= 0.6 is 0 Å². The van der Waals surface area contributed by atoms with Crippen LogP contribution in [0.1, 0.15) is 12.8 Å². The number of hydrogen-bond donors (Lipinski definition) is 0. The fraction of sp³-hybridized carbons (Fsp3) is 0.357. The minimum absolute atomic E-state index is 0.219. The first-order chi connectivity index (χ1) is 9.48. The Labute approximate surface area is 114 Å². The molecule has 0 N–H and O–H groups in total. The van der Waals surface area contributed by atoms with Gasteiger partial charge in [0.05, 0.1) is 6.07 Å². The highest BCUT2D eigenvalue weighted by Gasteiger charge is 2.31. The quantitative estimate of drug-likeness (QED) is 0.777. The molecule has 2 rings (SSSR count). The van der Waals surface area contributed by atoms with E-state index >= 15 is 0 Å². The molecule has 0 radical (unpaired) electrons. The Hall–Kier alpha value is -2.16. The van der Waals surface area contributed by atoms with Crippen molar-refractivity contribution in [2.45, 2.75) is 19.2 Å². The van der Waals surface area contributed by atoms with Gasteiger partial charge in [0.25, 0.3) is 0 Å². The highest BCUT2D eigenvalue weighted by molar-refractivity contribution is 5.50. The summed E-state index contributed by atoms with van der Waals surface area (Å²) in [6, 6.07) is 7.86. The van der Waals surface area contributed by atoms with Crippen LogP contribution in [0.5, 0.6) is 5.75 Å². The normalized spacial score (nSPS) is 15.7. The van der Waals surface area contributed by atoms with E-state index in [9.17, 15) is 13.2 Å². The summed E-state index contributed by atoms with van der Waals surface area (Å²) in [7, 11) is 0. The van der Waals surface area contributed by atoms with Crippen LogP contribution in [0.4, 0.5) is 18.9 Å². The number of allylic oxidation sites excluding steroid dienone is 1. The Morgan fingerprint density at radius 2 is 1.75 bits per heavy atom. The molecule has 1 heterocycles. The third-order valence-corrected chi connectivity index (χ3v) is 3.11. The number of piperidine rings is 1. The first kappa shape index (κ1) is 14.3. The zero-order valence-corrected chi connectivity index (χ0v) is 10.7. The molecule has 0 aromatic heterocycles. The van der Waals surface area contributed by atoms with Crippen LogP contribution in [0, 0.1) is 11.3 Å². The fourth-order valence-electron chi connectivity index (χ4n) is 2.15. The topological polar surface area (TPSA) is 36.3 Å². The number of nitrogens with zero attached hydrogens (tertiary/aromatic N) is 2. The number of benzene rings is 1. The molecule has 6 heteroatoms. The first-order valence-electron chi connectivity index (χ1n) is 6.16. The van der Waals surface area contributed by atoms with Gasteiger partial charge in [-0.1, -0.05) is 5.57 Å². The van der Waals surface area contributed by atoms with Crippen LogP contribution in [0.15, 0.2) is 35.9 Å². The second-order valence-corrected chi connectivity index (χ2v) is 4.46. The Morgan fingerprint density at radius 3 is 2.25 bits per heavy atom. The molecule has 20 heavy (non-hydrogen) atoms. The molecule has 1 aliphatic rings. The van der Waals surface area contributed by atoms with Crippen molar-refractivity contribution in [2.24, 2.45) is 0 Å². The van der Waals surface area contributed by atoms with Gasteiger partial charge in [-0.2, -0.15) is 5.26 Å². The van der Waals surface area contributed by atoms with E-state index in [0.717, 1.165) is 37.2 Å². The summed E-state index contributed by atoms with van der Waals surface area (Å²) < 4.78 is 40.0. The van der Waals surface area contributed by atoms with Crippen molar-refractivity contribution in [3.63, 3.8) is 0 Å². The minimum atomic E-state index is -4.66. The zero-order valence-electron chi connectivity index (χ0n) is 10.7. The molecule has 106 valence electrons. The van der Waals surface area contributed by atoms with E-state index in [1.165, 1.54) is 12.1 Å². The summed E-state index contributed by atoms with van der Waals surface area (Å²) in [6.07, 6.45) is -1.50. The average molecular weight is 282 g/mol. The number of anilines is 1. The van der Waals surface area contributed by atoms with Gasteiger partial charge >= 0.3 is 6.36 Å². The van der Waals surface area contributed by atoms with Crippen molar-refractivity contribution in [3.8, 4) is 11.8 Å². The summed E-state index contributed by atoms with van der Waals surface area (Å²) in [5.41, 5.74) is 1.97. The molecule has 1 aliphatic heterocycles. The molecule has 0 amide bonds. The Bertz CT molecular complexity index is 519. The van der Waals surface area contributed by atoms with E-state index in [-0.39, 0.29) is 5.75 Å². The molecule has 0 unspecified atom stereocenters. The highest BCUT2D eigenvalue weighted by atomic mass is 19.4. The lowest BCUT2D eigenvalue weighted by Crippen LogP contribution is -2.30. The number of ether oxygens (including phenoxy) is 1. The molecule has 0 atom stereocenters. The van der Waals surface area contributed by atoms with Crippen LogP contribution in [-0.2, 0) is 0 Å². The molecular weight excluding hydrogens is 269 g/mol. The van der Waals surface area contributed by atoms with Gasteiger partial charge < -0.3 is 9.64 Å². The smallest absolute Gasteiger partial charge is 0.406 e. The lowest BCUT2D eigenvalue weighted by atomic mass is 10.0. The predicted octanol–water partition coefficient (Wildman–Crippen LogP) is 3.64. The third kappa shape index (κ3) is 3.92. The second kappa shape index (κ2) is 5.87. The number of nitriles is 1. The van der Waals surface area contributed by atoms with Gasteiger partial charge in [0.15, 0.2) is 0 Å². The summed E-state index contributed by atoms with van der Waals surface area (Å²) in [4.78, 5) is 2.08. The molecule has 1 aromatic carbocycles. The van der Waals surface area contributed by atoms with Crippen molar-refractivity contribution >= 4 is 5.69 Å². The van der Waals surface area contributed by atoms with E-state index in [2.05, 4.69) is 9.64 Å². The van der Waals surface area contributed by atoms with Crippen LogP contribution in [0.25, 0.3) is 0 Å². The number of alkyl halides is 3. The molecule has 0 saturated carbocycles. The van der Waals surface area contributed by atoms with Crippen LogP contribution in [-0.4, -0.2) is 19.5 Å². The van der Waals surface area contributed by atoms with Crippen molar-refractivity contribution in [1.82, 2.24) is 0 Å². The minimum Gasteiger partial charge on any atom is -0.406 e. The molecule has 1 fully saturated rings. The molecule has 1 saturated heterocycles. The Kier molecular flexibility index (Phi) is 4.18. The van der Waals surface area contributed by atoms with Crippen molar-refractivity contribution < 1.29 is 17.9 Å². The van der Waals surface area contributed by atoms with Gasteiger partial charge in [-0.15, -0.1) is 13.2 Å². The van der Waals surface area contributed by atoms with E-state index < -0.39 is 6.36 Å². The molecule has 0 spiro atoms. The van der Waals surface area contributed by atoms with Crippen LogP contribution < -0.4 is 9.64 Å². The predicted molar refractivity (Wildman–Crippen MR) is 68.3 cm³/mol. The molecular formula is C14H13F3N2O. The Morgan fingerprint density at radius 1 is 1.15 bits per heavy atom. The second-order valence-electron chi connectivity index (χ2n) is 4.46. The summed E-state index contributed by atoms with van der Waals surface area (Å²) in [5, 5.41) is 8.58. The van der Waals surface area contributed by atoms with Gasteiger partial charge in [-0.25, -0.2) is 0 Å². The lowest BCUT2D eigenvalue weighted by Gasteiger charge is -2.30. The molecule has 3 nitrogen and oxygen atoms in total. The van der Waals surface area contributed by atoms with Crippen LogP contribution in [0.2, 0.25) is 0 Å². The van der Waals surface area contributed by atoms with E-state index in [4.69, 9.17) is 5.26 Å². The largest absolute Gasteiger partial charge is 0.573 e. The molecule has 0 bridgehead atoms. The zero-order chi connectivity index (χ0) is 14.6. The fourth-order valence-corrected chi connectivity index (χ4v) is 2.15. The molecule has 0 aliphatic carbocycles. The molecule has 1 aromatic rings. The van der Waals surface area contributed by atoms with E-state index in [1.54, 1.807) is 18.2 Å². The van der Waals surface area contributed by atoms with Gasteiger partial charge in [0.1, 0.15) is 5.75 Å². The number of rotatable bonds is 2. The number of hydrogen-bond acceptors (Lipinski definition) is 3. The van der Waals surface area contributed by atoms with Gasteiger partial charge in [-0.3, -0.25) is 0 Å². The van der Waals surface area contributed by atoms with Gasteiger partial charge in [0.2, 0.25) is 0 Å². The van der Waals surface area contributed by atoms with Gasteiger partial charge in [-0.05, 0) is 37.1 Å². The lowest BCUT2D eigenvalue weighted by molar-refractivity contribution is -0.274. The third-order valence-electron chi connectivity index (χ3n) is 3.11. The maximum absolute atomic E-state index is 12.0. The Balaban J connectivity index is 1.98. The number of halogens is 3. The highest BCUT2D eigenvalue weighted by Crippen LogP contribution is 2.27. The van der Waals surface area contributed by atoms with Crippen LogP contribution in [0.3, 0.4) is 0 Å². The van der Waals surface area contributed by atoms with Crippen molar-refractivity contribution in [2.75, 3.05) is 18.0 Å². The van der Waals surface area contributed by atoms with Crippen molar-refractivity contribution in [3.05, 3.63) is 35.9 Å². The van der Waals surface area contributed by atoms with E-state index in [0.29, 0.717) is 0 Å². The first-order valence-corrected chi connectivity index (χ1v) is 6.16. The SMILES string of the molecule is N#CC=C1CCN(c2ccc(OC(F)(F)F)cc2)CC1. The standard InChI is InChI=1S/C14H13F3N2O/c15-14(16,17)20-13-3-1-12(2-4-13)19-9-6-11(5-8-18)7-10-19/h1-5H,6-7,9-10H2. The maximum atomic E-state index is 12.0. The summed E-state index contributed by atoms with van der Waals surface area (Å²) >= 11 is 0. The summed E-state index contributed by atoms with van der Waals surface area (Å²) in [5.74, 6) is -0.219. The van der Waals surface area contributed by atoms with Gasteiger partial charge in [0, 0.05) is 24.9 Å². The van der Waals surface area contributed by atoms with E-state index in [1.807, 2.05) is 6.07 Å². The average Bonchev–Trinajstić information content (AvgIpc) is 2.39. The van der Waals surface area contributed by atoms with Crippen molar-refractivity contribution in [1.29, 1.82) is 5.26 Å². The monoisotopic (exact) mass is 282 g/mol. The summed E-state index contributed by atoms with van der Waals surface area (Å²) in [6.45, 7) is 1.51. The maximum Gasteiger partial charge on any atom is 0.573 e.